The summed E-state index contributed by atoms with van der Waals surface area (Å²) in [4.78, 5) is 13.7. The molecule has 0 heterocycles. The summed E-state index contributed by atoms with van der Waals surface area (Å²) in [6.45, 7) is 0. The lowest BCUT2D eigenvalue weighted by molar-refractivity contribution is -0.115. The van der Waals surface area contributed by atoms with Gasteiger partial charge in [0.2, 0.25) is 5.91 Å². The molecule has 1 atom stereocenters. The average molecular weight is 355 g/mol. The molecule has 0 aliphatic carbocycles. The molecule has 126 valence electrons. The number of carbonyl (C=O) groups excluding carboxylic acids is 1. The van der Waals surface area contributed by atoms with E-state index < -0.39 is 22.8 Å². The minimum atomic E-state index is -0.675. The summed E-state index contributed by atoms with van der Waals surface area (Å²) in [6.07, 6.45) is 0. The molecule has 0 radical (unpaired) electrons. The zero-order chi connectivity index (χ0) is 17.6. The Balaban J connectivity index is 1.88. The van der Waals surface area contributed by atoms with Gasteiger partial charge in [-0.25, -0.2) is 8.78 Å². The number of anilines is 1. The minimum Gasteiger partial charge on any atom is -0.322 e. The van der Waals surface area contributed by atoms with Crippen molar-refractivity contribution in [2.75, 3.05) is 5.32 Å². The summed E-state index contributed by atoms with van der Waals surface area (Å²) in [5.41, 5.74) is 0.616. The Kier molecular flexibility index (Phi) is 5.46. The Morgan fingerprint density at radius 1 is 0.880 bits per heavy atom. The van der Waals surface area contributed by atoms with Gasteiger partial charge in [0, 0.05) is 11.0 Å². The highest BCUT2D eigenvalue weighted by Gasteiger charge is 2.23. The molecule has 1 N–H and O–H groups in total. The second-order valence-corrected chi connectivity index (χ2v) is 6.51. The molecule has 5 heteroatoms. The number of benzene rings is 3. The molecular formula is C20H15F2NOS. The van der Waals surface area contributed by atoms with Crippen LogP contribution in [-0.2, 0) is 4.79 Å². The number of nitrogens with one attached hydrogen (secondary N) is 1. The van der Waals surface area contributed by atoms with Gasteiger partial charge in [0.1, 0.15) is 16.9 Å². The van der Waals surface area contributed by atoms with Gasteiger partial charge in [0.15, 0.2) is 0 Å². The summed E-state index contributed by atoms with van der Waals surface area (Å²) in [5, 5.41) is 1.90. The van der Waals surface area contributed by atoms with Gasteiger partial charge in [-0.1, -0.05) is 48.5 Å². The fourth-order valence-corrected chi connectivity index (χ4v) is 3.37. The molecule has 0 fully saturated rings. The van der Waals surface area contributed by atoms with Gasteiger partial charge in [-0.15, -0.1) is 11.8 Å². The van der Waals surface area contributed by atoms with Crippen molar-refractivity contribution in [3.05, 3.63) is 96.1 Å². The molecular weight excluding hydrogens is 340 g/mol. The molecule has 0 bridgehead atoms. The topological polar surface area (TPSA) is 29.1 Å². The van der Waals surface area contributed by atoms with Crippen LogP contribution in [0.5, 0.6) is 0 Å². The Morgan fingerprint density at radius 3 is 2.20 bits per heavy atom. The normalized spacial score (nSPS) is 11.8. The molecule has 2 nitrogen and oxygen atoms in total. The molecule has 0 spiro atoms. The van der Waals surface area contributed by atoms with Crippen LogP contribution in [0.2, 0.25) is 0 Å². The van der Waals surface area contributed by atoms with E-state index in [1.165, 1.54) is 11.8 Å². The van der Waals surface area contributed by atoms with E-state index in [9.17, 15) is 13.6 Å². The number of thioether (sulfide) groups is 1. The third kappa shape index (κ3) is 4.45. The SMILES string of the molecule is O=C(Nc1cc(F)ccc1F)[C@@H](Sc1ccccc1)c1ccccc1. The third-order valence-corrected chi connectivity index (χ3v) is 4.79. The first-order valence-electron chi connectivity index (χ1n) is 7.66. The van der Waals surface area contributed by atoms with Crippen molar-refractivity contribution in [2.24, 2.45) is 0 Å². The maximum absolute atomic E-state index is 13.8. The lowest BCUT2D eigenvalue weighted by Crippen LogP contribution is -2.19. The first-order chi connectivity index (χ1) is 12.1. The molecule has 0 aliphatic heterocycles. The van der Waals surface area contributed by atoms with Gasteiger partial charge >= 0.3 is 0 Å². The van der Waals surface area contributed by atoms with Crippen molar-refractivity contribution in [1.82, 2.24) is 0 Å². The van der Waals surface area contributed by atoms with Crippen LogP contribution in [0.1, 0.15) is 10.8 Å². The van der Waals surface area contributed by atoms with E-state index in [4.69, 9.17) is 0 Å². The molecule has 25 heavy (non-hydrogen) atoms. The van der Waals surface area contributed by atoms with Crippen LogP contribution in [0, 0.1) is 11.6 Å². The van der Waals surface area contributed by atoms with E-state index in [0.29, 0.717) is 0 Å². The second kappa shape index (κ2) is 7.94. The summed E-state index contributed by atoms with van der Waals surface area (Å²) in [7, 11) is 0. The van der Waals surface area contributed by atoms with E-state index in [0.717, 1.165) is 28.7 Å². The number of hydrogen-bond donors (Lipinski definition) is 1. The number of amides is 1. The maximum atomic E-state index is 13.8. The van der Waals surface area contributed by atoms with Crippen LogP contribution in [0.4, 0.5) is 14.5 Å². The zero-order valence-electron chi connectivity index (χ0n) is 13.2. The van der Waals surface area contributed by atoms with Crippen LogP contribution >= 0.6 is 11.8 Å². The van der Waals surface area contributed by atoms with Crippen molar-refractivity contribution >= 4 is 23.4 Å². The average Bonchev–Trinajstić information content (AvgIpc) is 2.64. The van der Waals surface area contributed by atoms with Crippen LogP contribution in [0.15, 0.2) is 83.8 Å². The quantitative estimate of drug-likeness (QED) is 0.618. The number of rotatable bonds is 5. The number of halogens is 2. The summed E-state index contributed by atoms with van der Waals surface area (Å²) < 4.78 is 27.2. The van der Waals surface area contributed by atoms with Gasteiger partial charge in [0.05, 0.1) is 5.69 Å². The van der Waals surface area contributed by atoms with Crippen molar-refractivity contribution in [3.8, 4) is 0 Å². The third-order valence-electron chi connectivity index (χ3n) is 3.52. The second-order valence-electron chi connectivity index (χ2n) is 5.34. The van der Waals surface area contributed by atoms with Gasteiger partial charge in [-0.05, 0) is 29.8 Å². The molecule has 3 aromatic carbocycles. The van der Waals surface area contributed by atoms with Crippen LogP contribution in [0.3, 0.4) is 0 Å². The highest BCUT2D eigenvalue weighted by atomic mass is 32.2. The Morgan fingerprint density at radius 2 is 1.52 bits per heavy atom. The van der Waals surface area contributed by atoms with Gasteiger partial charge < -0.3 is 5.32 Å². The molecule has 3 aromatic rings. The zero-order valence-corrected chi connectivity index (χ0v) is 14.0. The summed E-state index contributed by atoms with van der Waals surface area (Å²) in [5.74, 6) is -1.69. The lowest BCUT2D eigenvalue weighted by Gasteiger charge is -2.17. The van der Waals surface area contributed by atoms with E-state index in [-0.39, 0.29) is 5.69 Å². The van der Waals surface area contributed by atoms with Crippen LogP contribution in [0.25, 0.3) is 0 Å². The van der Waals surface area contributed by atoms with E-state index in [1.54, 1.807) is 0 Å². The molecule has 0 saturated heterocycles. The Hall–Kier alpha value is -2.66. The van der Waals surface area contributed by atoms with Crippen LogP contribution < -0.4 is 5.32 Å². The predicted octanol–water partition coefficient (Wildman–Crippen LogP) is 5.44. The highest BCUT2D eigenvalue weighted by Crippen LogP contribution is 2.36. The minimum absolute atomic E-state index is 0.167. The van der Waals surface area contributed by atoms with Crippen LogP contribution in [-0.4, -0.2) is 5.91 Å². The fraction of sp³-hybridized carbons (Fsp3) is 0.0500. The smallest absolute Gasteiger partial charge is 0.242 e. The molecule has 0 aliphatic rings. The van der Waals surface area contributed by atoms with Crippen molar-refractivity contribution < 1.29 is 13.6 Å². The Bertz CT molecular complexity index is 856. The van der Waals surface area contributed by atoms with E-state index in [2.05, 4.69) is 5.32 Å². The highest BCUT2D eigenvalue weighted by molar-refractivity contribution is 8.00. The standard InChI is InChI=1S/C20H15F2NOS/c21-15-11-12-17(22)18(13-15)23-20(24)19(14-7-3-1-4-8-14)25-16-9-5-2-6-10-16/h1-13,19H,(H,23,24)/t19-/m0/s1. The van der Waals surface area contributed by atoms with Crippen molar-refractivity contribution in [1.29, 1.82) is 0 Å². The lowest BCUT2D eigenvalue weighted by atomic mass is 10.1. The van der Waals surface area contributed by atoms with Gasteiger partial charge in [0.25, 0.3) is 0 Å². The number of carbonyl (C=O) groups is 1. The first-order valence-corrected chi connectivity index (χ1v) is 8.54. The first kappa shape index (κ1) is 17.2. The predicted molar refractivity (Wildman–Crippen MR) is 96.5 cm³/mol. The van der Waals surface area contributed by atoms with Gasteiger partial charge in [-0.2, -0.15) is 0 Å². The van der Waals surface area contributed by atoms with E-state index in [1.807, 2.05) is 60.7 Å². The molecule has 3 rings (SSSR count). The maximum Gasteiger partial charge on any atom is 0.242 e. The Labute approximate surface area is 148 Å². The summed E-state index contributed by atoms with van der Waals surface area (Å²) >= 11 is 1.35. The largest absolute Gasteiger partial charge is 0.322 e. The van der Waals surface area contributed by atoms with Crippen molar-refractivity contribution in [3.63, 3.8) is 0 Å². The van der Waals surface area contributed by atoms with Crippen molar-refractivity contribution in [2.45, 2.75) is 10.1 Å². The number of hydrogen-bond acceptors (Lipinski definition) is 2. The monoisotopic (exact) mass is 355 g/mol. The molecule has 0 saturated carbocycles. The fourth-order valence-electron chi connectivity index (χ4n) is 2.33. The summed E-state index contributed by atoms with van der Waals surface area (Å²) in [6, 6.07) is 21.6. The molecule has 0 aromatic heterocycles. The van der Waals surface area contributed by atoms with Gasteiger partial charge in [-0.3, -0.25) is 4.79 Å². The molecule has 0 unspecified atom stereocenters. The van der Waals surface area contributed by atoms with E-state index >= 15 is 0 Å². The molecule has 1 amide bonds.